The molecule has 4 aromatic rings. The van der Waals surface area contributed by atoms with Gasteiger partial charge in [-0.2, -0.15) is 0 Å². The molecule has 0 bridgehead atoms. The van der Waals surface area contributed by atoms with E-state index >= 15 is 0 Å². The van der Waals surface area contributed by atoms with Crippen LogP contribution < -0.4 is 4.90 Å². The summed E-state index contributed by atoms with van der Waals surface area (Å²) < 4.78 is 10.4. The van der Waals surface area contributed by atoms with Gasteiger partial charge in [0.1, 0.15) is 0 Å². The lowest BCUT2D eigenvalue weighted by molar-refractivity contribution is 0.0999. The molecule has 0 radical (unpaired) electrons. The second-order valence-corrected chi connectivity index (χ2v) is 7.49. The maximum absolute atomic E-state index is 12.8. The van der Waals surface area contributed by atoms with Crippen molar-refractivity contribution in [2.75, 3.05) is 31.2 Å². The summed E-state index contributed by atoms with van der Waals surface area (Å²) in [4.78, 5) is 17.9. The third kappa shape index (κ3) is 3.22. The Morgan fingerprint density at radius 2 is 1.90 bits per heavy atom. The summed E-state index contributed by atoms with van der Waals surface area (Å²) in [5.41, 5.74) is 3.50. The Morgan fingerprint density at radius 1 is 1.13 bits per heavy atom. The third-order valence-corrected chi connectivity index (χ3v) is 5.62. The van der Waals surface area contributed by atoms with Crippen molar-refractivity contribution >= 4 is 34.0 Å². The first-order valence-electron chi connectivity index (χ1n) is 9.54. The van der Waals surface area contributed by atoms with Gasteiger partial charge in [0.15, 0.2) is 0 Å². The van der Waals surface area contributed by atoms with Crippen molar-refractivity contribution in [3.8, 4) is 17.0 Å². The van der Waals surface area contributed by atoms with Crippen molar-refractivity contribution in [3.63, 3.8) is 0 Å². The van der Waals surface area contributed by atoms with Crippen LogP contribution in [0.1, 0.15) is 16.1 Å². The summed E-state index contributed by atoms with van der Waals surface area (Å²) in [6.07, 6.45) is 1.39. The predicted octanol–water partition coefficient (Wildman–Crippen LogP) is 4.25. The number of ether oxygens (including phenoxy) is 1. The van der Waals surface area contributed by atoms with E-state index in [0.717, 1.165) is 43.1 Å². The van der Waals surface area contributed by atoms with Crippen molar-refractivity contribution in [2.45, 2.75) is 0 Å². The normalized spacial score (nSPS) is 14.4. The number of nitrogens with zero attached hydrogens (tertiary/aromatic N) is 2. The van der Waals surface area contributed by atoms with E-state index in [1.807, 2.05) is 12.1 Å². The van der Waals surface area contributed by atoms with Gasteiger partial charge in [-0.05, 0) is 29.8 Å². The Kier molecular flexibility index (Phi) is 4.69. The molecule has 1 aliphatic heterocycles. The number of halogens is 1. The maximum atomic E-state index is 12.8. The first-order valence-corrected chi connectivity index (χ1v) is 9.92. The SMILES string of the molecule is O=C(c1ccno1)c1c(O)[nH]c2cc(Cl)c(-c3ccc(N4CCOCC4)cc3)cc12. The van der Waals surface area contributed by atoms with Gasteiger partial charge in [0.2, 0.25) is 17.4 Å². The quantitative estimate of drug-likeness (QED) is 0.477. The number of anilines is 1. The molecular formula is C22H18ClN3O4. The van der Waals surface area contributed by atoms with Crippen LogP contribution in [-0.4, -0.2) is 47.3 Å². The molecule has 152 valence electrons. The molecule has 0 aliphatic carbocycles. The number of H-pyrrole nitrogens is 1. The average molecular weight is 424 g/mol. The zero-order valence-electron chi connectivity index (χ0n) is 15.9. The highest BCUT2D eigenvalue weighted by molar-refractivity contribution is 6.34. The van der Waals surface area contributed by atoms with Crippen LogP contribution >= 0.6 is 11.6 Å². The van der Waals surface area contributed by atoms with Gasteiger partial charge in [0, 0.05) is 35.8 Å². The monoisotopic (exact) mass is 423 g/mol. The molecule has 0 unspecified atom stereocenters. The number of carbonyl (C=O) groups is 1. The number of rotatable bonds is 4. The highest BCUT2D eigenvalue weighted by atomic mass is 35.5. The van der Waals surface area contributed by atoms with Crippen LogP contribution in [0.15, 0.2) is 53.2 Å². The Hall–Kier alpha value is -3.29. The molecule has 30 heavy (non-hydrogen) atoms. The zero-order valence-corrected chi connectivity index (χ0v) is 16.6. The summed E-state index contributed by atoms with van der Waals surface area (Å²) in [6.45, 7) is 3.18. The minimum atomic E-state index is -0.452. The molecular weight excluding hydrogens is 406 g/mol. The van der Waals surface area contributed by atoms with Gasteiger partial charge in [-0.1, -0.05) is 28.9 Å². The number of fused-ring (bicyclic) bond motifs is 1. The molecule has 1 fully saturated rings. The number of hydrogen-bond donors (Lipinski definition) is 2. The lowest BCUT2D eigenvalue weighted by atomic mass is 10.00. The van der Waals surface area contributed by atoms with E-state index in [9.17, 15) is 9.90 Å². The number of ketones is 1. The highest BCUT2D eigenvalue weighted by Gasteiger charge is 2.23. The highest BCUT2D eigenvalue weighted by Crippen LogP contribution is 2.37. The number of hydrogen-bond acceptors (Lipinski definition) is 6. The average Bonchev–Trinajstić information content (AvgIpc) is 3.41. The molecule has 0 atom stereocenters. The van der Waals surface area contributed by atoms with E-state index < -0.39 is 5.78 Å². The molecule has 2 N–H and O–H groups in total. The van der Waals surface area contributed by atoms with E-state index in [4.69, 9.17) is 20.9 Å². The number of aromatic nitrogens is 2. The standard InChI is InChI=1S/C22H18ClN3O4/c23-17-12-18-16(20(22(28)25-18)21(27)19-5-6-24-30-19)11-15(17)13-1-3-14(4-2-13)26-7-9-29-10-8-26/h1-6,11-12,25,28H,7-10H2. The summed E-state index contributed by atoms with van der Waals surface area (Å²) in [5, 5.41) is 15.0. The van der Waals surface area contributed by atoms with Gasteiger partial charge in [-0.25, -0.2) is 0 Å². The number of benzene rings is 2. The molecule has 2 aromatic carbocycles. The van der Waals surface area contributed by atoms with E-state index in [1.54, 1.807) is 12.1 Å². The fourth-order valence-corrected chi connectivity index (χ4v) is 4.05. The summed E-state index contributed by atoms with van der Waals surface area (Å²) >= 11 is 6.52. The first-order chi connectivity index (χ1) is 14.6. The maximum Gasteiger partial charge on any atom is 0.237 e. The van der Waals surface area contributed by atoms with Crippen molar-refractivity contribution in [3.05, 3.63) is 65.0 Å². The van der Waals surface area contributed by atoms with E-state index in [1.165, 1.54) is 12.3 Å². The van der Waals surface area contributed by atoms with Crippen molar-refractivity contribution in [2.24, 2.45) is 0 Å². The molecule has 5 rings (SSSR count). The predicted molar refractivity (Wildman–Crippen MR) is 113 cm³/mol. The van der Waals surface area contributed by atoms with E-state index in [2.05, 4.69) is 27.2 Å². The fraction of sp³-hybridized carbons (Fsp3) is 0.182. The van der Waals surface area contributed by atoms with E-state index in [0.29, 0.717) is 15.9 Å². The number of aromatic hydroxyl groups is 1. The number of nitrogens with one attached hydrogen (secondary N) is 1. The largest absolute Gasteiger partial charge is 0.494 e. The van der Waals surface area contributed by atoms with Gasteiger partial charge in [-0.15, -0.1) is 0 Å². The second kappa shape index (κ2) is 7.51. The molecule has 0 saturated carbocycles. The zero-order chi connectivity index (χ0) is 20.7. The minimum absolute atomic E-state index is 0.0533. The van der Waals surface area contributed by atoms with Crippen molar-refractivity contribution < 1.29 is 19.2 Å². The Morgan fingerprint density at radius 3 is 2.60 bits per heavy atom. The van der Waals surface area contributed by atoms with Gasteiger partial charge >= 0.3 is 0 Å². The Balaban J connectivity index is 1.55. The molecule has 0 spiro atoms. The fourth-order valence-electron chi connectivity index (χ4n) is 3.78. The summed E-state index contributed by atoms with van der Waals surface area (Å²) in [7, 11) is 0. The molecule has 7 nitrogen and oxygen atoms in total. The molecule has 1 saturated heterocycles. The topological polar surface area (TPSA) is 91.6 Å². The Labute approximate surface area is 176 Å². The number of morpholine rings is 1. The van der Waals surface area contributed by atoms with Crippen LogP contribution in [0.3, 0.4) is 0 Å². The summed E-state index contributed by atoms with van der Waals surface area (Å²) in [6, 6.07) is 13.1. The smallest absolute Gasteiger partial charge is 0.237 e. The van der Waals surface area contributed by atoms with Crippen LogP contribution in [0, 0.1) is 0 Å². The Bertz CT molecular complexity index is 1210. The van der Waals surface area contributed by atoms with E-state index in [-0.39, 0.29) is 17.2 Å². The molecule has 2 aromatic heterocycles. The van der Waals surface area contributed by atoms with Gasteiger partial charge in [0.25, 0.3) is 0 Å². The van der Waals surface area contributed by atoms with Gasteiger partial charge in [-0.3, -0.25) is 4.79 Å². The molecule has 8 heteroatoms. The number of carbonyl (C=O) groups excluding carboxylic acids is 1. The van der Waals surface area contributed by atoms with Crippen LogP contribution in [-0.2, 0) is 4.74 Å². The lowest BCUT2D eigenvalue weighted by Crippen LogP contribution is -2.36. The van der Waals surface area contributed by atoms with Gasteiger partial charge < -0.3 is 24.3 Å². The second-order valence-electron chi connectivity index (χ2n) is 7.08. The molecule has 3 heterocycles. The molecule has 1 aliphatic rings. The van der Waals surface area contributed by atoms with Crippen LogP contribution in [0.4, 0.5) is 5.69 Å². The number of aromatic amines is 1. The van der Waals surface area contributed by atoms with Crippen LogP contribution in [0.25, 0.3) is 22.0 Å². The van der Waals surface area contributed by atoms with Crippen LogP contribution in [0.5, 0.6) is 5.88 Å². The van der Waals surface area contributed by atoms with Crippen LogP contribution in [0.2, 0.25) is 5.02 Å². The molecule has 0 amide bonds. The first kappa shape index (κ1) is 18.7. The summed E-state index contributed by atoms with van der Waals surface area (Å²) in [5.74, 6) is -0.632. The minimum Gasteiger partial charge on any atom is -0.494 e. The lowest BCUT2D eigenvalue weighted by Gasteiger charge is -2.29. The van der Waals surface area contributed by atoms with Crippen molar-refractivity contribution in [1.29, 1.82) is 0 Å². The van der Waals surface area contributed by atoms with Gasteiger partial charge in [0.05, 0.1) is 35.5 Å². The van der Waals surface area contributed by atoms with Crippen molar-refractivity contribution in [1.82, 2.24) is 10.1 Å². The third-order valence-electron chi connectivity index (χ3n) is 5.31.